The Bertz CT molecular complexity index is 688. The maximum absolute atomic E-state index is 13.0. The molecule has 1 rings (SSSR count). The maximum Gasteiger partial charge on any atom is 0.416 e. The van der Waals surface area contributed by atoms with Crippen molar-refractivity contribution in [3.05, 3.63) is 35.1 Å². The summed E-state index contributed by atoms with van der Waals surface area (Å²) >= 11 is 0. The number of halogens is 4. The number of sulfone groups is 1. The summed E-state index contributed by atoms with van der Waals surface area (Å²) in [6, 6.07) is 2.45. The van der Waals surface area contributed by atoms with E-state index in [1.807, 2.05) is 0 Å². The van der Waals surface area contributed by atoms with Crippen LogP contribution in [0.1, 0.15) is 17.5 Å². The molecular formula is C14H19F4N3O2S. The van der Waals surface area contributed by atoms with Crippen molar-refractivity contribution in [2.24, 2.45) is 4.99 Å². The number of alkyl halides is 3. The average molecular weight is 369 g/mol. The van der Waals surface area contributed by atoms with Crippen LogP contribution in [0.25, 0.3) is 0 Å². The van der Waals surface area contributed by atoms with E-state index in [0.29, 0.717) is 19.0 Å². The van der Waals surface area contributed by atoms with Gasteiger partial charge in [-0.2, -0.15) is 13.2 Å². The predicted octanol–water partition coefficient (Wildman–Crippen LogP) is 1.94. The molecule has 2 N–H and O–H groups in total. The van der Waals surface area contributed by atoms with Crippen LogP contribution in [0, 0.1) is 5.82 Å². The third kappa shape index (κ3) is 7.16. The predicted molar refractivity (Wildman–Crippen MR) is 83.9 cm³/mol. The van der Waals surface area contributed by atoms with Crippen molar-refractivity contribution in [2.45, 2.75) is 19.1 Å². The topological polar surface area (TPSA) is 70.6 Å². The van der Waals surface area contributed by atoms with E-state index in [9.17, 15) is 26.0 Å². The van der Waals surface area contributed by atoms with E-state index in [-0.39, 0.29) is 23.8 Å². The number of hydrogen-bond donors (Lipinski definition) is 2. The van der Waals surface area contributed by atoms with Gasteiger partial charge >= 0.3 is 6.18 Å². The first-order valence-electron chi connectivity index (χ1n) is 7.01. The fourth-order valence-corrected chi connectivity index (χ4v) is 2.58. The third-order valence-corrected chi connectivity index (χ3v) is 4.06. The lowest BCUT2D eigenvalue weighted by Gasteiger charge is -2.15. The quantitative estimate of drug-likeness (QED) is 0.348. The van der Waals surface area contributed by atoms with Crippen molar-refractivity contribution < 1.29 is 26.0 Å². The monoisotopic (exact) mass is 369 g/mol. The second kappa shape index (κ2) is 8.32. The van der Waals surface area contributed by atoms with E-state index < -0.39 is 27.4 Å². The SMILES string of the molecule is CN=C(NCCCS(C)(=O)=O)NCc1ccc(F)cc1C(F)(F)F. The summed E-state index contributed by atoms with van der Waals surface area (Å²) in [5.41, 5.74) is -1.18. The Morgan fingerprint density at radius 1 is 1.25 bits per heavy atom. The van der Waals surface area contributed by atoms with Crippen LogP contribution in [0.5, 0.6) is 0 Å². The van der Waals surface area contributed by atoms with Crippen molar-refractivity contribution in [2.75, 3.05) is 25.6 Å². The minimum Gasteiger partial charge on any atom is -0.356 e. The van der Waals surface area contributed by atoms with Gasteiger partial charge in [0.2, 0.25) is 0 Å². The summed E-state index contributed by atoms with van der Waals surface area (Å²) in [4.78, 5) is 3.84. The van der Waals surface area contributed by atoms with Crippen LogP contribution >= 0.6 is 0 Å². The third-order valence-electron chi connectivity index (χ3n) is 3.03. The molecule has 0 aromatic heterocycles. The van der Waals surface area contributed by atoms with Gasteiger partial charge in [0.05, 0.1) is 11.3 Å². The molecule has 10 heteroatoms. The number of aliphatic imine (C=N–C) groups is 1. The van der Waals surface area contributed by atoms with Crippen molar-refractivity contribution in [3.63, 3.8) is 0 Å². The van der Waals surface area contributed by atoms with E-state index >= 15 is 0 Å². The highest BCUT2D eigenvalue weighted by Crippen LogP contribution is 2.32. The standard InChI is InChI=1S/C14H19F4N3O2S/c1-19-13(20-6-3-7-24(2,22)23)21-9-10-4-5-11(15)8-12(10)14(16,17)18/h4-5,8H,3,6-7,9H2,1-2H3,(H2,19,20,21). The second-order valence-electron chi connectivity index (χ2n) is 5.14. The molecule has 0 radical (unpaired) electrons. The van der Waals surface area contributed by atoms with Crippen LogP contribution in [0.15, 0.2) is 23.2 Å². The van der Waals surface area contributed by atoms with Crippen molar-refractivity contribution >= 4 is 15.8 Å². The van der Waals surface area contributed by atoms with Gasteiger partial charge in [0.1, 0.15) is 15.7 Å². The number of benzene rings is 1. The lowest BCUT2D eigenvalue weighted by Crippen LogP contribution is -2.38. The van der Waals surface area contributed by atoms with Crippen molar-refractivity contribution in [1.29, 1.82) is 0 Å². The molecule has 0 spiro atoms. The van der Waals surface area contributed by atoms with Crippen LogP contribution in [0.3, 0.4) is 0 Å². The van der Waals surface area contributed by atoms with Crippen LogP contribution in [0.2, 0.25) is 0 Å². The van der Waals surface area contributed by atoms with Crippen LogP contribution in [0.4, 0.5) is 17.6 Å². The lowest BCUT2D eigenvalue weighted by molar-refractivity contribution is -0.138. The molecule has 0 saturated carbocycles. The smallest absolute Gasteiger partial charge is 0.356 e. The maximum atomic E-state index is 13.0. The highest BCUT2D eigenvalue weighted by molar-refractivity contribution is 7.90. The number of guanidine groups is 1. The molecule has 5 nitrogen and oxygen atoms in total. The zero-order valence-corrected chi connectivity index (χ0v) is 14.1. The molecule has 0 aliphatic rings. The highest BCUT2D eigenvalue weighted by atomic mass is 32.2. The molecule has 0 aliphatic carbocycles. The fourth-order valence-electron chi connectivity index (χ4n) is 1.91. The Morgan fingerprint density at radius 3 is 2.46 bits per heavy atom. The van der Waals surface area contributed by atoms with Gasteiger partial charge in [0, 0.05) is 26.4 Å². The Balaban J connectivity index is 2.64. The van der Waals surface area contributed by atoms with Crippen molar-refractivity contribution in [3.8, 4) is 0 Å². The molecule has 0 aliphatic heterocycles. The Kier molecular flexibility index (Phi) is 7.00. The first-order valence-corrected chi connectivity index (χ1v) is 9.07. The number of rotatable bonds is 6. The summed E-state index contributed by atoms with van der Waals surface area (Å²) in [6.07, 6.45) is -3.21. The fraction of sp³-hybridized carbons (Fsp3) is 0.500. The van der Waals surface area contributed by atoms with Gasteiger partial charge in [-0.05, 0) is 24.1 Å². The minimum absolute atomic E-state index is 0.00677. The molecule has 136 valence electrons. The van der Waals surface area contributed by atoms with Gasteiger partial charge < -0.3 is 10.6 Å². The summed E-state index contributed by atoms with van der Waals surface area (Å²) in [5.74, 6) is -0.747. The molecular weight excluding hydrogens is 350 g/mol. The summed E-state index contributed by atoms with van der Waals surface area (Å²) in [6.45, 7) is 0.0865. The van der Waals surface area contributed by atoms with E-state index in [2.05, 4.69) is 15.6 Å². The lowest BCUT2D eigenvalue weighted by atomic mass is 10.1. The largest absolute Gasteiger partial charge is 0.416 e. The highest BCUT2D eigenvalue weighted by Gasteiger charge is 2.33. The van der Waals surface area contributed by atoms with Crippen molar-refractivity contribution in [1.82, 2.24) is 10.6 Å². The molecule has 0 unspecified atom stereocenters. The summed E-state index contributed by atoms with van der Waals surface area (Å²) in [5, 5.41) is 5.48. The summed E-state index contributed by atoms with van der Waals surface area (Å²) < 4.78 is 73.7. The molecule has 0 amide bonds. The Labute approximate surface area is 138 Å². The van der Waals surface area contributed by atoms with E-state index in [0.717, 1.165) is 18.4 Å². The molecule has 0 heterocycles. The number of nitrogens with zero attached hydrogens (tertiary/aromatic N) is 1. The van der Waals surface area contributed by atoms with E-state index in [4.69, 9.17) is 0 Å². The Morgan fingerprint density at radius 2 is 1.92 bits per heavy atom. The molecule has 1 aromatic carbocycles. The average Bonchev–Trinajstić information content (AvgIpc) is 2.45. The molecule has 1 aromatic rings. The van der Waals surface area contributed by atoms with Gasteiger partial charge in [-0.1, -0.05) is 6.07 Å². The first kappa shape index (κ1) is 20.2. The molecule has 0 atom stereocenters. The van der Waals surface area contributed by atoms with E-state index in [1.54, 1.807) is 0 Å². The van der Waals surface area contributed by atoms with Gasteiger partial charge in [-0.15, -0.1) is 0 Å². The second-order valence-corrected chi connectivity index (χ2v) is 7.39. The normalized spacial score (nSPS) is 13.0. The van der Waals surface area contributed by atoms with Gasteiger partial charge in [0.15, 0.2) is 5.96 Å². The number of nitrogens with one attached hydrogen (secondary N) is 2. The van der Waals surface area contributed by atoms with E-state index in [1.165, 1.54) is 7.05 Å². The molecule has 24 heavy (non-hydrogen) atoms. The number of hydrogen-bond acceptors (Lipinski definition) is 3. The molecule has 0 fully saturated rings. The zero-order valence-electron chi connectivity index (χ0n) is 13.2. The molecule has 0 bridgehead atoms. The van der Waals surface area contributed by atoms with Crippen LogP contribution in [-0.2, 0) is 22.6 Å². The van der Waals surface area contributed by atoms with Crippen LogP contribution in [-0.4, -0.2) is 40.0 Å². The van der Waals surface area contributed by atoms with Gasteiger partial charge in [-0.3, -0.25) is 4.99 Å². The first-order chi connectivity index (χ1) is 11.0. The summed E-state index contributed by atoms with van der Waals surface area (Å²) in [7, 11) is -1.64. The van der Waals surface area contributed by atoms with Gasteiger partial charge in [0.25, 0.3) is 0 Å². The van der Waals surface area contributed by atoms with Crippen LogP contribution < -0.4 is 10.6 Å². The minimum atomic E-state index is -4.66. The Hall–Kier alpha value is -1.84. The zero-order chi connectivity index (χ0) is 18.4. The van der Waals surface area contributed by atoms with Gasteiger partial charge in [-0.25, -0.2) is 12.8 Å². The molecule has 0 saturated heterocycles.